The molecule has 1 aromatic carbocycles. The van der Waals surface area contributed by atoms with Crippen molar-refractivity contribution < 1.29 is 13.9 Å². The molecule has 0 aliphatic rings. The van der Waals surface area contributed by atoms with Gasteiger partial charge in [0.2, 0.25) is 5.22 Å². The highest BCUT2D eigenvalue weighted by Crippen LogP contribution is 2.28. The Morgan fingerprint density at radius 2 is 2.11 bits per heavy atom. The summed E-state index contributed by atoms with van der Waals surface area (Å²) in [6, 6.07) is 6.43. The summed E-state index contributed by atoms with van der Waals surface area (Å²) >= 11 is 11.7. The Bertz CT molecular complexity index is 580. The fourth-order valence-corrected chi connectivity index (χ4v) is 1.74. The van der Waals surface area contributed by atoms with Crippen molar-refractivity contribution in [1.29, 1.82) is 0 Å². The van der Waals surface area contributed by atoms with Gasteiger partial charge in [0, 0.05) is 6.07 Å². The minimum atomic E-state index is -0.399. The first kappa shape index (κ1) is 12.8. The number of furan rings is 1. The number of methoxy groups -OCH3 is 1. The first-order valence-corrected chi connectivity index (χ1v) is 5.75. The molecule has 4 nitrogen and oxygen atoms in total. The van der Waals surface area contributed by atoms with Gasteiger partial charge in [-0.25, -0.2) is 0 Å². The Balaban J connectivity index is 2.24. The van der Waals surface area contributed by atoms with Gasteiger partial charge < -0.3 is 14.5 Å². The van der Waals surface area contributed by atoms with E-state index >= 15 is 0 Å². The molecule has 1 N–H and O–H groups in total. The van der Waals surface area contributed by atoms with Crippen molar-refractivity contribution in [2.75, 3.05) is 12.4 Å². The maximum Gasteiger partial charge on any atom is 0.260 e. The average molecular weight is 286 g/mol. The normalized spacial score (nSPS) is 10.2. The molecule has 0 saturated heterocycles. The molecule has 0 aliphatic heterocycles. The molecule has 1 heterocycles. The minimum absolute atomic E-state index is 0.0338. The van der Waals surface area contributed by atoms with Gasteiger partial charge in [0.15, 0.2) is 0 Å². The molecule has 0 bridgehead atoms. The highest BCUT2D eigenvalue weighted by Gasteiger charge is 2.14. The average Bonchev–Trinajstić information content (AvgIpc) is 2.78. The number of hydrogen-bond donors (Lipinski definition) is 1. The molecule has 0 spiro atoms. The van der Waals surface area contributed by atoms with Crippen molar-refractivity contribution in [2.24, 2.45) is 0 Å². The molecule has 1 aromatic heterocycles. The lowest BCUT2D eigenvalue weighted by atomic mass is 10.2. The number of hydrogen-bond acceptors (Lipinski definition) is 3. The number of carbonyl (C=O) groups excluding carboxylic acids is 1. The van der Waals surface area contributed by atoms with Gasteiger partial charge in [-0.1, -0.05) is 11.6 Å². The lowest BCUT2D eigenvalue weighted by Gasteiger charge is -2.08. The molecule has 0 atom stereocenters. The predicted octanol–water partition coefficient (Wildman–Crippen LogP) is 3.85. The van der Waals surface area contributed by atoms with Crippen molar-refractivity contribution in [2.45, 2.75) is 0 Å². The predicted molar refractivity (Wildman–Crippen MR) is 69.7 cm³/mol. The number of carbonyl (C=O) groups is 1. The Hall–Kier alpha value is -1.65. The second-order valence-corrected chi connectivity index (χ2v) is 4.16. The molecule has 0 saturated carbocycles. The number of ether oxygens (including phenoxy) is 1. The fourth-order valence-electron chi connectivity index (χ4n) is 1.37. The molecule has 0 fully saturated rings. The van der Waals surface area contributed by atoms with Crippen LogP contribution in [0.3, 0.4) is 0 Å². The van der Waals surface area contributed by atoms with Gasteiger partial charge in [-0.2, -0.15) is 0 Å². The molecule has 18 heavy (non-hydrogen) atoms. The Morgan fingerprint density at radius 3 is 2.72 bits per heavy atom. The first-order valence-electron chi connectivity index (χ1n) is 4.99. The molecule has 1 amide bonds. The smallest absolute Gasteiger partial charge is 0.260 e. The number of nitrogens with one attached hydrogen (secondary N) is 1. The van der Waals surface area contributed by atoms with E-state index in [1.54, 1.807) is 18.2 Å². The Labute approximate surface area is 113 Å². The van der Waals surface area contributed by atoms with Crippen LogP contribution in [0.5, 0.6) is 5.75 Å². The summed E-state index contributed by atoms with van der Waals surface area (Å²) in [5, 5.41) is 3.07. The van der Waals surface area contributed by atoms with Gasteiger partial charge in [0.1, 0.15) is 5.75 Å². The van der Waals surface area contributed by atoms with Crippen molar-refractivity contribution in [1.82, 2.24) is 0 Å². The lowest BCUT2D eigenvalue weighted by Crippen LogP contribution is -2.11. The van der Waals surface area contributed by atoms with Crippen LogP contribution in [-0.4, -0.2) is 13.0 Å². The monoisotopic (exact) mass is 285 g/mol. The van der Waals surface area contributed by atoms with Gasteiger partial charge >= 0.3 is 0 Å². The second kappa shape index (κ2) is 5.33. The first-order chi connectivity index (χ1) is 8.61. The third-order valence-corrected chi connectivity index (χ3v) is 2.91. The van der Waals surface area contributed by atoms with E-state index in [0.717, 1.165) is 0 Å². The summed E-state index contributed by atoms with van der Waals surface area (Å²) < 4.78 is 9.90. The van der Waals surface area contributed by atoms with Gasteiger partial charge in [-0.3, -0.25) is 4.79 Å². The van der Waals surface area contributed by atoms with Crippen LogP contribution in [0, 0.1) is 0 Å². The van der Waals surface area contributed by atoms with Crippen LogP contribution in [0.25, 0.3) is 0 Å². The minimum Gasteiger partial charge on any atom is -0.497 e. The van der Waals surface area contributed by atoms with Crippen LogP contribution >= 0.6 is 23.2 Å². The molecule has 0 aliphatic carbocycles. The summed E-state index contributed by atoms with van der Waals surface area (Å²) in [4.78, 5) is 11.9. The zero-order valence-electron chi connectivity index (χ0n) is 9.37. The van der Waals surface area contributed by atoms with E-state index < -0.39 is 5.91 Å². The summed E-state index contributed by atoms with van der Waals surface area (Å²) in [6.45, 7) is 0. The van der Waals surface area contributed by atoms with Crippen LogP contribution in [0.15, 0.2) is 34.9 Å². The largest absolute Gasteiger partial charge is 0.497 e. The quantitative estimate of drug-likeness (QED) is 0.932. The molecule has 0 unspecified atom stereocenters. The third kappa shape index (κ3) is 2.60. The number of rotatable bonds is 3. The van der Waals surface area contributed by atoms with E-state index in [4.69, 9.17) is 32.4 Å². The zero-order chi connectivity index (χ0) is 13.1. The highest BCUT2D eigenvalue weighted by atomic mass is 35.5. The maximum atomic E-state index is 11.9. The molecule has 6 heteroatoms. The summed E-state index contributed by atoms with van der Waals surface area (Å²) in [5.74, 6) is 0.192. The van der Waals surface area contributed by atoms with Gasteiger partial charge in [-0.05, 0) is 29.8 Å². The van der Waals surface area contributed by atoms with Gasteiger partial charge in [-0.15, -0.1) is 0 Å². The SMILES string of the molecule is COc1ccc(Cl)c(NC(=O)c2ccoc2Cl)c1. The number of amides is 1. The van der Waals surface area contributed by atoms with Gasteiger partial charge in [0.25, 0.3) is 5.91 Å². The lowest BCUT2D eigenvalue weighted by molar-refractivity contribution is 0.102. The Morgan fingerprint density at radius 1 is 1.33 bits per heavy atom. The zero-order valence-corrected chi connectivity index (χ0v) is 10.9. The van der Waals surface area contributed by atoms with Crippen LogP contribution in [0.4, 0.5) is 5.69 Å². The van der Waals surface area contributed by atoms with E-state index in [2.05, 4.69) is 5.32 Å². The summed E-state index contributed by atoms with van der Waals surface area (Å²) in [6.07, 6.45) is 1.34. The molecular weight excluding hydrogens is 277 g/mol. The van der Waals surface area contributed by atoms with E-state index in [0.29, 0.717) is 16.5 Å². The van der Waals surface area contributed by atoms with E-state index in [1.165, 1.54) is 19.4 Å². The number of benzene rings is 1. The van der Waals surface area contributed by atoms with Gasteiger partial charge in [0.05, 0.1) is 29.6 Å². The Kier molecular flexibility index (Phi) is 3.79. The number of anilines is 1. The standard InChI is InChI=1S/C12H9Cl2NO3/c1-17-7-2-3-9(13)10(6-7)15-12(16)8-4-5-18-11(8)14/h2-6H,1H3,(H,15,16). The van der Waals surface area contributed by atoms with Crippen molar-refractivity contribution >= 4 is 34.8 Å². The van der Waals surface area contributed by atoms with Crippen LogP contribution < -0.4 is 10.1 Å². The topological polar surface area (TPSA) is 51.5 Å². The van der Waals surface area contributed by atoms with E-state index in [9.17, 15) is 4.79 Å². The second-order valence-electron chi connectivity index (χ2n) is 3.41. The molecular formula is C12H9Cl2NO3. The fraction of sp³-hybridized carbons (Fsp3) is 0.0833. The van der Waals surface area contributed by atoms with Crippen LogP contribution in [0.1, 0.15) is 10.4 Å². The number of halogens is 2. The van der Waals surface area contributed by atoms with Crippen molar-refractivity contribution in [3.63, 3.8) is 0 Å². The molecule has 2 rings (SSSR count). The maximum absolute atomic E-state index is 11.9. The molecule has 94 valence electrons. The molecule has 0 radical (unpaired) electrons. The van der Waals surface area contributed by atoms with E-state index in [1.807, 2.05) is 0 Å². The highest BCUT2D eigenvalue weighted by molar-refractivity contribution is 6.35. The van der Waals surface area contributed by atoms with E-state index in [-0.39, 0.29) is 10.8 Å². The van der Waals surface area contributed by atoms with Crippen molar-refractivity contribution in [3.05, 3.63) is 46.3 Å². The third-order valence-electron chi connectivity index (χ3n) is 2.28. The van der Waals surface area contributed by atoms with Crippen LogP contribution in [0.2, 0.25) is 10.2 Å². The van der Waals surface area contributed by atoms with Crippen molar-refractivity contribution in [3.8, 4) is 5.75 Å². The summed E-state index contributed by atoms with van der Waals surface area (Å²) in [7, 11) is 1.53. The summed E-state index contributed by atoms with van der Waals surface area (Å²) in [5.41, 5.74) is 0.689. The van der Waals surface area contributed by atoms with Crippen LogP contribution in [-0.2, 0) is 0 Å². The molecule has 2 aromatic rings.